The van der Waals surface area contributed by atoms with Crippen molar-refractivity contribution in [2.24, 2.45) is 20.0 Å². The van der Waals surface area contributed by atoms with Crippen LogP contribution in [0.2, 0.25) is 0 Å². The third kappa shape index (κ3) is 3.23. The highest BCUT2D eigenvalue weighted by atomic mass is 15.3. The number of nitrogens with zero attached hydrogens (tertiary/aromatic N) is 8. The molecule has 13 rings (SSSR count). The number of aliphatic imine (C=N–C) groups is 2. The first-order valence-electron chi connectivity index (χ1n) is 18.4. The van der Waals surface area contributed by atoms with Crippen molar-refractivity contribution in [2.45, 2.75) is 63.7 Å². The van der Waals surface area contributed by atoms with Crippen LogP contribution in [0.5, 0.6) is 0 Å². The van der Waals surface area contributed by atoms with E-state index < -0.39 is 0 Å². The number of amidine groups is 4. The molecule has 6 aromatic rings. The van der Waals surface area contributed by atoms with E-state index in [0.29, 0.717) is 11.4 Å². The highest BCUT2D eigenvalue weighted by Crippen LogP contribution is 2.50. The third-order valence-electron chi connectivity index (χ3n) is 12.7. The molecule has 4 unspecified atom stereocenters. The molecular weight excluding hydrogens is 645 g/mol. The molecule has 6 aliphatic heterocycles. The lowest BCUT2D eigenvalue weighted by Gasteiger charge is -2.38. The van der Waals surface area contributed by atoms with Gasteiger partial charge in [0.2, 0.25) is 22.6 Å². The molecule has 8 heterocycles. The molecule has 4 bridgehead atoms. The van der Waals surface area contributed by atoms with Crippen molar-refractivity contribution in [3.8, 4) is 0 Å². The van der Waals surface area contributed by atoms with E-state index in [2.05, 4.69) is 92.8 Å². The number of aromatic nitrogens is 2. The first-order chi connectivity index (χ1) is 25.4. The Bertz CT molecular complexity index is 3040. The second-order valence-corrected chi connectivity index (χ2v) is 15.8. The van der Waals surface area contributed by atoms with E-state index in [9.17, 15) is 0 Å². The van der Waals surface area contributed by atoms with E-state index in [4.69, 9.17) is 31.4 Å². The molecule has 10 nitrogen and oxygen atoms in total. The van der Waals surface area contributed by atoms with Gasteiger partial charge in [-0.2, -0.15) is 0 Å². The van der Waals surface area contributed by atoms with Crippen LogP contribution in [0.1, 0.15) is 71.1 Å². The standard InChI is InChI=1S/C42H32N10/c1-19-3-7-27-31(11-19)40-46-37-29-9-5-21(43)13-33(29)42-48-38-30-10-6-22(44)14-34(30)41-47-36-28-8-4-20(2)12-32(28)39-45-35(27)49(40)23-15-24(50(36)39)17-26(52(38)41)18-25(16-23)51(37)42/h3-14,23-26,43-44H,15-18H2,1-2H3/p+2. The SMILES string of the molecule is Cc1ccc2c(c1)C1=[N+]3C2=Nc2c4cc(N)ccc4c4n2C2CC3CC3CC(C2)[N+]2=C(N=c5c6cc(C)ccc6c(n53)=N1)c1ccc(N)cc1C2=N4. The number of hydrogen-bond acceptors (Lipinski definition) is 6. The Hall–Kier alpha value is -6.16. The monoisotopic (exact) mass is 678 g/mol. The van der Waals surface area contributed by atoms with Crippen molar-refractivity contribution in [1.82, 2.24) is 9.13 Å². The van der Waals surface area contributed by atoms with Gasteiger partial charge in [-0.3, -0.25) is 9.13 Å². The van der Waals surface area contributed by atoms with E-state index in [-0.39, 0.29) is 24.2 Å². The van der Waals surface area contributed by atoms with Gasteiger partial charge >= 0.3 is 0 Å². The van der Waals surface area contributed by atoms with E-state index in [1.165, 1.54) is 11.1 Å². The highest BCUT2D eigenvalue weighted by molar-refractivity contribution is 6.18. The molecule has 52 heavy (non-hydrogen) atoms. The summed E-state index contributed by atoms with van der Waals surface area (Å²) in [5, 5.41) is 4.32. The molecule has 4 aromatic carbocycles. The quantitative estimate of drug-likeness (QED) is 0.164. The smallest absolute Gasteiger partial charge is 0.273 e. The van der Waals surface area contributed by atoms with Gasteiger partial charge < -0.3 is 11.5 Å². The Morgan fingerprint density at radius 1 is 0.519 bits per heavy atom. The van der Waals surface area contributed by atoms with Crippen LogP contribution in [0.4, 0.5) is 23.0 Å². The number of nitrogens with two attached hydrogens (primary N) is 2. The van der Waals surface area contributed by atoms with E-state index in [1.54, 1.807) is 0 Å². The first kappa shape index (κ1) is 27.5. The van der Waals surface area contributed by atoms with Crippen molar-refractivity contribution in [3.05, 3.63) is 117 Å². The van der Waals surface area contributed by atoms with E-state index >= 15 is 0 Å². The summed E-state index contributed by atoms with van der Waals surface area (Å²) in [5.74, 6) is 5.62. The minimum absolute atomic E-state index is 0.135. The molecule has 10 heteroatoms. The van der Waals surface area contributed by atoms with Gasteiger partial charge in [-0.15, -0.1) is 0 Å². The zero-order chi connectivity index (χ0) is 34.3. The zero-order valence-electron chi connectivity index (χ0n) is 28.8. The number of anilines is 2. The van der Waals surface area contributed by atoms with Gasteiger partial charge in [-0.25, -0.2) is 9.15 Å². The van der Waals surface area contributed by atoms with Crippen LogP contribution in [-0.4, -0.2) is 53.7 Å². The van der Waals surface area contributed by atoms with Gasteiger partial charge in [-0.05, 0) is 74.5 Å². The van der Waals surface area contributed by atoms with Crippen LogP contribution in [-0.2, 0) is 0 Å². The van der Waals surface area contributed by atoms with Crippen LogP contribution in [0.25, 0.3) is 21.5 Å². The summed E-state index contributed by atoms with van der Waals surface area (Å²) >= 11 is 0. The topological polar surface area (TPSA) is 117 Å². The van der Waals surface area contributed by atoms with Crippen LogP contribution in [0, 0.1) is 13.8 Å². The largest absolute Gasteiger partial charge is 0.399 e. The maximum atomic E-state index is 6.55. The Morgan fingerprint density at radius 2 is 1.10 bits per heavy atom. The molecule has 1 saturated carbocycles. The van der Waals surface area contributed by atoms with Gasteiger partial charge in [0.25, 0.3) is 23.3 Å². The molecule has 0 amide bonds. The maximum absolute atomic E-state index is 6.55. The number of fused-ring (bicyclic) bond motifs is 12. The predicted molar refractivity (Wildman–Crippen MR) is 203 cm³/mol. The fourth-order valence-electron chi connectivity index (χ4n) is 10.6. The van der Waals surface area contributed by atoms with Gasteiger partial charge in [-0.1, -0.05) is 43.2 Å². The first-order valence-corrected chi connectivity index (χ1v) is 18.4. The summed E-state index contributed by atoms with van der Waals surface area (Å²) < 4.78 is 9.95. The summed E-state index contributed by atoms with van der Waals surface area (Å²) in [7, 11) is 0. The second-order valence-electron chi connectivity index (χ2n) is 15.8. The molecule has 4 atom stereocenters. The Morgan fingerprint density at radius 3 is 1.88 bits per heavy atom. The highest BCUT2D eigenvalue weighted by Gasteiger charge is 2.51. The summed E-state index contributed by atoms with van der Waals surface area (Å²) in [6, 6.07) is 26.5. The van der Waals surface area contributed by atoms with Crippen LogP contribution < -0.4 is 22.4 Å². The summed E-state index contributed by atoms with van der Waals surface area (Å²) in [5.41, 5.74) is 23.2. The average molecular weight is 679 g/mol. The van der Waals surface area contributed by atoms with Crippen LogP contribution >= 0.6 is 0 Å². The Labute approximate surface area is 297 Å². The maximum Gasteiger partial charge on any atom is 0.273 e. The number of nitrogen functional groups attached to an aromatic ring is 2. The van der Waals surface area contributed by atoms with Crippen LogP contribution in [0.3, 0.4) is 0 Å². The van der Waals surface area contributed by atoms with Crippen molar-refractivity contribution in [2.75, 3.05) is 11.5 Å². The van der Waals surface area contributed by atoms with Crippen LogP contribution in [0.15, 0.2) is 92.8 Å². The summed E-state index contributed by atoms with van der Waals surface area (Å²) in [4.78, 5) is 23.0. The molecular formula is C42H34N10+2. The Kier molecular flexibility index (Phi) is 4.77. The number of benzene rings is 4. The fraction of sp³-hybridized carbons (Fsp3) is 0.238. The molecule has 7 aliphatic rings. The lowest BCUT2D eigenvalue weighted by Crippen LogP contribution is -2.49. The molecule has 2 aromatic heterocycles. The average Bonchev–Trinajstić information content (AvgIpc) is 3.74. The van der Waals surface area contributed by atoms with Crippen molar-refractivity contribution in [1.29, 1.82) is 0 Å². The molecule has 0 spiro atoms. The van der Waals surface area contributed by atoms with Crippen molar-refractivity contribution < 1.29 is 9.15 Å². The van der Waals surface area contributed by atoms with Gasteiger partial charge in [0.1, 0.15) is 0 Å². The molecule has 0 saturated heterocycles. The lowest BCUT2D eigenvalue weighted by atomic mass is 9.85. The van der Waals surface area contributed by atoms with Gasteiger partial charge in [0, 0.05) is 70.7 Å². The predicted octanol–water partition coefficient (Wildman–Crippen LogP) is 5.47. The lowest BCUT2D eigenvalue weighted by molar-refractivity contribution is -0.474. The number of rotatable bonds is 0. The third-order valence-corrected chi connectivity index (χ3v) is 12.7. The molecule has 1 aliphatic carbocycles. The minimum atomic E-state index is 0.135. The molecule has 250 valence electrons. The molecule has 4 N–H and O–H groups in total. The minimum Gasteiger partial charge on any atom is -0.399 e. The number of aryl methyl sites for hydroxylation is 2. The van der Waals surface area contributed by atoms with E-state index in [0.717, 1.165) is 115 Å². The molecule has 0 radical (unpaired) electrons. The van der Waals surface area contributed by atoms with Crippen molar-refractivity contribution >= 4 is 67.9 Å². The van der Waals surface area contributed by atoms with Gasteiger partial charge in [0.05, 0.1) is 34.3 Å². The second kappa shape index (κ2) is 9.00. The Balaban J connectivity index is 1.32. The fourth-order valence-corrected chi connectivity index (χ4v) is 10.6. The van der Waals surface area contributed by atoms with Gasteiger partial charge in [0.15, 0.2) is 0 Å². The zero-order valence-corrected chi connectivity index (χ0v) is 28.8. The normalized spacial score (nSPS) is 23.8. The summed E-state index contributed by atoms with van der Waals surface area (Å²) in [6.45, 7) is 4.33. The number of hydrogen-bond donors (Lipinski definition) is 2. The molecule has 1 fully saturated rings. The van der Waals surface area contributed by atoms with E-state index in [1.807, 2.05) is 12.1 Å². The summed E-state index contributed by atoms with van der Waals surface area (Å²) in [6.07, 6.45) is 3.74. The van der Waals surface area contributed by atoms with Crippen molar-refractivity contribution in [3.63, 3.8) is 0 Å².